The van der Waals surface area contributed by atoms with E-state index in [0.29, 0.717) is 67.4 Å². The Kier molecular flexibility index (Phi) is 10.3. The number of aromatic nitrogens is 2. The third-order valence-corrected chi connectivity index (χ3v) is 9.14. The normalized spacial score (nSPS) is 16.8. The summed E-state index contributed by atoms with van der Waals surface area (Å²) in [6.45, 7) is 4.76. The van der Waals surface area contributed by atoms with Gasteiger partial charge in [0.2, 0.25) is 11.8 Å². The summed E-state index contributed by atoms with van der Waals surface area (Å²) in [6.07, 6.45) is 7.51. The van der Waals surface area contributed by atoms with Crippen LogP contribution in [-0.4, -0.2) is 95.8 Å². The number of carbonyl (C=O) groups excluding carboxylic acids is 2. The largest absolute Gasteiger partial charge is 0.398 e. The lowest BCUT2D eigenvalue weighted by molar-refractivity contribution is -0.132. The number of carbonyl (C=O) groups is 2. The van der Waals surface area contributed by atoms with E-state index in [1.807, 2.05) is 22.8 Å². The molecule has 0 radical (unpaired) electrons. The molecule has 5 N–H and O–H groups in total. The summed E-state index contributed by atoms with van der Waals surface area (Å²) < 4.78 is 13.4. The second-order valence-corrected chi connectivity index (χ2v) is 12.1. The van der Waals surface area contributed by atoms with Crippen molar-refractivity contribution in [3.63, 3.8) is 0 Å². The van der Waals surface area contributed by atoms with E-state index in [9.17, 15) is 14.0 Å². The van der Waals surface area contributed by atoms with E-state index in [-0.39, 0.29) is 41.5 Å². The van der Waals surface area contributed by atoms with Crippen LogP contribution in [0.2, 0.25) is 0 Å². The van der Waals surface area contributed by atoms with Gasteiger partial charge in [-0.25, -0.2) is 14.4 Å². The van der Waals surface area contributed by atoms with Crippen LogP contribution in [0.5, 0.6) is 0 Å². The van der Waals surface area contributed by atoms with Crippen molar-refractivity contribution < 1.29 is 14.0 Å². The quantitative estimate of drug-likeness (QED) is 0.149. The Balaban J connectivity index is 1.17. The Morgan fingerprint density at radius 2 is 2.04 bits per heavy atom. The molecule has 46 heavy (non-hydrogen) atoms. The summed E-state index contributed by atoms with van der Waals surface area (Å²) >= 11 is 1.42. The zero-order chi connectivity index (χ0) is 32.8. The van der Waals surface area contributed by atoms with Gasteiger partial charge in [0.05, 0.1) is 41.3 Å². The van der Waals surface area contributed by atoms with Gasteiger partial charge >= 0.3 is 0 Å². The Morgan fingerprint density at radius 1 is 1.22 bits per heavy atom. The van der Waals surface area contributed by atoms with Crippen LogP contribution in [0.4, 0.5) is 15.8 Å². The van der Waals surface area contributed by atoms with Crippen LogP contribution in [0.1, 0.15) is 40.9 Å². The lowest BCUT2D eigenvalue weighted by Gasteiger charge is -2.28. The first-order valence-corrected chi connectivity index (χ1v) is 15.9. The molecule has 2 aliphatic rings. The predicted octanol–water partition coefficient (Wildman–Crippen LogP) is 3.24. The molecule has 2 amide bonds. The van der Waals surface area contributed by atoms with Gasteiger partial charge in [-0.1, -0.05) is 6.08 Å². The number of likely N-dealkylation sites (tertiary alicyclic amines) is 1. The third-order valence-electron chi connectivity index (χ3n) is 8.06. The Labute approximate surface area is 270 Å². The second-order valence-electron chi connectivity index (χ2n) is 11.1. The molecule has 3 aromatic rings. The highest BCUT2D eigenvalue weighted by Gasteiger charge is 2.33. The molecule has 14 heteroatoms. The molecule has 0 unspecified atom stereocenters. The highest BCUT2D eigenvalue weighted by molar-refractivity contribution is 7.14. The van der Waals surface area contributed by atoms with E-state index in [4.69, 9.17) is 16.6 Å². The topological polar surface area (TPSA) is 168 Å². The van der Waals surface area contributed by atoms with Crippen LogP contribution < -0.4 is 16.0 Å². The summed E-state index contributed by atoms with van der Waals surface area (Å²) in [5.41, 5.74) is 8.95. The highest BCUT2D eigenvalue weighted by atomic mass is 32.1. The van der Waals surface area contributed by atoms with Crippen LogP contribution in [0.25, 0.3) is 5.57 Å². The number of nitrogens with zero attached hydrogens (tertiary/aromatic N) is 6. The van der Waals surface area contributed by atoms with Crippen molar-refractivity contribution in [3.8, 4) is 0 Å². The minimum Gasteiger partial charge on any atom is -0.398 e. The maximum absolute atomic E-state index is 13.7. The second kappa shape index (κ2) is 14.5. The number of nitrogens with two attached hydrogens (primary N) is 1. The summed E-state index contributed by atoms with van der Waals surface area (Å²) in [6, 6.07) is 7.79. The lowest BCUT2D eigenvalue weighted by Crippen LogP contribution is -2.42. The van der Waals surface area contributed by atoms with Crippen molar-refractivity contribution in [1.29, 1.82) is 10.8 Å². The lowest BCUT2D eigenvalue weighted by atomic mass is 10.0. The number of halogens is 1. The fourth-order valence-corrected chi connectivity index (χ4v) is 6.45. The van der Waals surface area contributed by atoms with E-state index in [1.165, 1.54) is 29.8 Å². The van der Waals surface area contributed by atoms with Gasteiger partial charge in [-0.15, -0.1) is 11.3 Å². The van der Waals surface area contributed by atoms with Crippen molar-refractivity contribution in [2.45, 2.75) is 19.8 Å². The van der Waals surface area contributed by atoms with Crippen molar-refractivity contribution >= 4 is 58.0 Å². The summed E-state index contributed by atoms with van der Waals surface area (Å²) in [7, 11) is 1.72. The average Bonchev–Trinajstić information content (AvgIpc) is 3.75. The van der Waals surface area contributed by atoms with Crippen molar-refractivity contribution in [1.82, 2.24) is 25.1 Å². The number of rotatable bonds is 10. The van der Waals surface area contributed by atoms with Crippen LogP contribution in [0, 0.1) is 22.6 Å². The number of thiazole rings is 1. The molecule has 2 aliphatic heterocycles. The van der Waals surface area contributed by atoms with E-state index < -0.39 is 5.82 Å². The number of benzene rings is 1. The Hall–Kier alpha value is -4.82. The first kappa shape index (κ1) is 32.6. The van der Waals surface area contributed by atoms with Gasteiger partial charge in [-0.3, -0.25) is 30.3 Å². The van der Waals surface area contributed by atoms with Gasteiger partial charge in [-0.2, -0.15) is 0 Å². The summed E-state index contributed by atoms with van der Waals surface area (Å²) in [4.78, 5) is 45.6. The number of nitrogens with one attached hydrogen (secondary N) is 3. The number of nitrogen functional groups attached to an aromatic ring is 1. The molecular formula is C32H37FN10O2S. The smallest absolute Gasteiger partial charge is 0.237 e. The minimum atomic E-state index is -0.494. The third kappa shape index (κ3) is 7.35. The average molecular weight is 645 g/mol. The number of amidine groups is 1. The van der Waals surface area contributed by atoms with Crippen molar-refractivity contribution in [3.05, 3.63) is 75.8 Å². The molecule has 0 aliphatic carbocycles. The summed E-state index contributed by atoms with van der Waals surface area (Å²) in [5.74, 6) is -0.636. The van der Waals surface area contributed by atoms with Gasteiger partial charge in [0.15, 0.2) is 5.84 Å². The molecule has 4 heterocycles. The van der Waals surface area contributed by atoms with Crippen molar-refractivity contribution in [2.24, 2.45) is 10.9 Å². The van der Waals surface area contributed by atoms with Gasteiger partial charge in [0, 0.05) is 56.4 Å². The van der Waals surface area contributed by atoms with Gasteiger partial charge < -0.3 is 20.9 Å². The van der Waals surface area contributed by atoms with Gasteiger partial charge in [-0.05, 0) is 62.2 Å². The number of hydrogen-bond donors (Lipinski definition) is 4. The van der Waals surface area contributed by atoms with E-state index >= 15 is 0 Å². The molecule has 2 aromatic heterocycles. The standard InChI is InChI=1S/C32H37FN10O2S/c1-3-43(23-5-6-25(34)24(14-23)29(35)26-7-4-22(33)15-38-26)32(45)21-8-11-41(17-21)18-28(44)42-12-9-20(10-13-42)31-39-16-27(46-31)30(36)40-19-37-2/h4-7,9,14-16,19,21,35H,3,8,10-13,17-18,34H2,1-2H3,(H2,36,37,40)/t21-/m1/s1. The number of hydrogen-bond acceptors (Lipinski definition) is 9. The first-order chi connectivity index (χ1) is 22.2. The Bertz CT molecular complexity index is 1690. The highest BCUT2D eigenvalue weighted by Crippen LogP contribution is 2.29. The van der Waals surface area contributed by atoms with E-state index in [0.717, 1.165) is 16.8 Å². The number of pyridine rings is 1. The molecule has 1 aromatic carbocycles. The molecule has 0 saturated carbocycles. The molecule has 0 spiro atoms. The predicted molar refractivity (Wildman–Crippen MR) is 179 cm³/mol. The SMILES string of the molecule is CCN(C(=O)[C@@H]1CCN(CC(=O)N2CC=C(c3ncc(C(=N)/N=C\NC)s3)CC2)C1)c1ccc(N)c(C(=N)c2ccc(F)cn2)c1. The number of amides is 2. The maximum atomic E-state index is 13.7. The molecule has 1 saturated heterocycles. The van der Waals surface area contributed by atoms with Gasteiger partial charge in [0.25, 0.3) is 0 Å². The fourth-order valence-electron chi connectivity index (χ4n) is 5.56. The zero-order valence-electron chi connectivity index (χ0n) is 25.8. The van der Waals surface area contributed by atoms with Crippen LogP contribution in [0.3, 0.4) is 0 Å². The molecule has 12 nitrogen and oxygen atoms in total. The molecule has 1 fully saturated rings. The van der Waals surface area contributed by atoms with Crippen LogP contribution in [-0.2, 0) is 9.59 Å². The number of aliphatic imine (C=N–C) groups is 1. The van der Waals surface area contributed by atoms with Crippen LogP contribution >= 0.6 is 11.3 Å². The van der Waals surface area contributed by atoms with Crippen molar-refractivity contribution in [2.75, 3.05) is 56.9 Å². The zero-order valence-corrected chi connectivity index (χ0v) is 26.6. The first-order valence-electron chi connectivity index (χ1n) is 15.0. The molecule has 0 bridgehead atoms. The minimum absolute atomic E-state index is 0.0230. The molecule has 5 rings (SSSR count). The van der Waals surface area contributed by atoms with E-state index in [1.54, 1.807) is 36.3 Å². The monoisotopic (exact) mass is 644 g/mol. The number of anilines is 2. The van der Waals surface area contributed by atoms with Crippen LogP contribution in [0.15, 0.2) is 53.8 Å². The fraction of sp³-hybridized carbons (Fsp3) is 0.344. The molecular weight excluding hydrogens is 607 g/mol. The maximum Gasteiger partial charge on any atom is 0.237 e. The molecule has 240 valence electrons. The Morgan fingerprint density at radius 3 is 2.74 bits per heavy atom. The van der Waals surface area contributed by atoms with Gasteiger partial charge in [0.1, 0.15) is 10.8 Å². The molecule has 1 atom stereocenters. The summed E-state index contributed by atoms with van der Waals surface area (Å²) in [5, 5.41) is 20.2. The van der Waals surface area contributed by atoms with E-state index in [2.05, 4.69) is 20.3 Å².